The number of aldehydes is 1. The van der Waals surface area contributed by atoms with E-state index in [-0.39, 0.29) is 5.71 Å². The number of nitrogens with one attached hydrogen (secondary N) is 1. The molecule has 0 rings (SSSR count). The molecule has 0 aromatic rings. The van der Waals surface area contributed by atoms with Gasteiger partial charge in [-0.05, 0) is 12.3 Å². The fraction of sp³-hybridized carbons (Fsp3) is 0.714. The molecule has 0 saturated carbocycles. The van der Waals surface area contributed by atoms with Crippen LogP contribution in [-0.4, -0.2) is 12.0 Å². The highest BCUT2D eigenvalue weighted by molar-refractivity contribution is 6.26. The van der Waals surface area contributed by atoms with Gasteiger partial charge in [0.15, 0.2) is 6.29 Å². The molecule has 0 aromatic carbocycles. The summed E-state index contributed by atoms with van der Waals surface area (Å²) in [5.74, 6) is 0.475. The van der Waals surface area contributed by atoms with E-state index in [0.29, 0.717) is 18.6 Å². The van der Waals surface area contributed by atoms with Crippen molar-refractivity contribution < 1.29 is 4.79 Å². The summed E-state index contributed by atoms with van der Waals surface area (Å²) in [6.07, 6.45) is 2.28. The predicted octanol–water partition coefficient (Wildman–Crippen LogP) is 1.64. The van der Waals surface area contributed by atoms with Gasteiger partial charge in [-0.1, -0.05) is 20.3 Å². The minimum Gasteiger partial charge on any atom is -0.302 e. The maximum atomic E-state index is 9.93. The van der Waals surface area contributed by atoms with Gasteiger partial charge in [-0.2, -0.15) is 0 Å². The zero-order valence-corrected chi connectivity index (χ0v) is 5.98. The Kier molecular flexibility index (Phi) is 3.93. The van der Waals surface area contributed by atoms with E-state index in [1.54, 1.807) is 0 Å². The molecule has 0 aliphatic heterocycles. The molecule has 0 spiro atoms. The molecule has 0 bridgehead atoms. The molecule has 0 aromatic heterocycles. The molecule has 1 atom stereocenters. The third kappa shape index (κ3) is 3.88. The van der Waals surface area contributed by atoms with Crippen molar-refractivity contribution in [3.63, 3.8) is 0 Å². The normalized spacial score (nSPS) is 12.7. The lowest BCUT2D eigenvalue weighted by molar-refractivity contribution is -0.102. The van der Waals surface area contributed by atoms with Crippen LogP contribution in [0.3, 0.4) is 0 Å². The average molecular weight is 127 g/mol. The summed E-state index contributed by atoms with van der Waals surface area (Å²) in [4.78, 5) is 9.93. The lowest BCUT2D eigenvalue weighted by atomic mass is 10.0. The van der Waals surface area contributed by atoms with Crippen molar-refractivity contribution in [2.75, 3.05) is 0 Å². The highest BCUT2D eigenvalue weighted by atomic mass is 16.1. The Bertz CT molecular complexity index is 109. The van der Waals surface area contributed by atoms with Crippen LogP contribution in [0.5, 0.6) is 0 Å². The maximum Gasteiger partial charge on any atom is 0.163 e. The minimum absolute atomic E-state index is 0.212. The summed E-state index contributed by atoms with van der Waals surface area (Å²) in [5.41, 5.74) is 0.212. The van der Waals surface area contributed by atoms with Crippen molar-refractivity contribution in [2.24, 2.45) is 5.92 Å². The maximum absolute atomic E-state index is 9.93. The molecule has 1 N–H and O–H groups in total. The molecule has 0 saturated heterocycles. The first-order valence-electron chi connectivity index (χ1n) is 3.23. The SMILES string of the molecule is CCC(C)CC(=N)C=O. The van der Waals surface area contributed by atoms with Gasteiger partial charge in [0.1, 0.15) is 0 Å². The van der Waals surface area contributed by atoms with E-state index in [1.807, 2.05) is 6.92 Å². The Morgan fingerprint density at radius 3 is 2.67 bits per heavy atom. The summed E-state index contributed by atoms with van der Waals surface area (Å²) in [7, 11) is 0. The quantitative estimate of drug-likeness (QED) is 0.452. The molecule has 0 radical (unpaired) electrons. The number of hydrogen-bond donors (Lipinski definition) is 1. The lowest BCUT2D eigenvalue weighted by Gasteiger charge is -2.03. The van der Waals surface area contributed by atoms with Crippen LogP contribution >= 0.6 is 0 Å². The second-order valence-electron chi connectivity index (χ2n) is 2.36. The van der Waals surface area contributed by atoms with Gasteiger partial charge < -0.3 is 5.41 Å². The number of carbonyl (C=O) groups is 1. The van der Waals surface area contributed by atoms with E-state index in [2.05, 4.69) is 6.92 Å². The van der Waals surface area contributed by atoms with Crippen LogP contribution in [0, 0.1) is 11.3 Å². The molecule has 0 fully saturated rings. The molecule has 0 aliphatic carbocycles. The van der Waals surface area contributed by atoms with Crippen LogP contribution < -0.4 is 0 Å². The highest BCUT2D eigenvalue weighted by Gasteiger charge is 2.00. The van der Waals surface area contributed by atoms with Crippen molar-refractivity contribution >= 4 is 12.0 Å². The van der Waals surface area contributed by atoms with Crippen molar-refractivity contribution in [1.82, 2.24) is 0 Å². The molecular weight excluding hydrogens is 114 g/mol. The topological polar surface area (TPSA) is 40.9 Å². The monoisotopic (exact) mass is 127 g/mol. The highest BCUT2D eigenvalue weighted by Crippen LogP contribution is 2.05. The van der Waals surface area contributed by atoms with Crippen LogP contribution in [-0.2, 0) is 4.79 Å². The standard InChI is InChI=1S/C7H13NO/c1-3-6(2)4-7(8)5-9/h5-6,8H,3-4H2,1-2H3. The summed E-state index contributed by atoms with van der Waals surface area (Å²) in [6.45, 7) is 4.10. The number of rotatable bonds is 4. The Hall–Kier alpha value is -0.660. The van der Waals surface area contributed by atoms with Crippen molar-refractivity contribution in [3.8, 4) is 0 Å². The van der Waals surface area contributed by atoms with Gasteiger partial charge in [0.05, 0.1) is 5.71 Å². The molecule has 1 unspecified atom stereocenters. The van der Waals surface area contributed by atoms with Crippen LogP contribution in [0.15, 0.2) is 0 Å². The van der Waals surface area contributed by atoms with E-state index in [0.717, 1.165) is 6.42 Å². The average Bonchev–Trinajstić information content (AvgIpc) is 1.87. The van der Waals surface area contributed by atoms with Crippen LogP contribution in [0.25, 0.3) is 0 Å². The largest absolute Gasteiger partial charge is 0.302 e. The van der Waals surface area contributed by atoms with Gasteiger partial charge in [0.2, 0.25) is 0 Å². The summed E-state index contributed by atoms with van der Waals surface area (Å²) in [5, 5.41) is 7.00. The van der Waals surface area contributed by atoms with E-state index in [1.165, 1.54) is 0 Å². The van der Waals surface area contributed by atoms with Gasteiger partial charge in [-0.3, -0.25) is 4.79 Å². The Labute approximate surface area is 55.8 Å². The first-order chi connectivity index (χ1) is 4.20. The van der Waals surface area contributed by atoms with Crippen molar-refractivity contribution in [1.29, 1.82) is 5.41 Å². The first kappa shape index (κ1) is 8.34. The molecule has 0 heterocycles. The third-order valence-electron chi connectivity index (χ3n) is 1.41. The van der Waals surface area contributed by atoms with Gasteiger partial charge in [-0.15, -0.1) is 0 Å². The van der Waals surface area contributed by atoms with Gasteiger partial charge in [0, 0.05) is 0 Å². The molecule has 0 aliphatic rings. The molecule has 2 heteroatoms. The fourth-order valence-corrected chi connectivity index (χ4v) is 0.568. The molecule has 9 heavy (non-hydrogen) atoms. The van der Waals surface area contributed by atoms with Crippen molar-refractivity contribution in [3.05, 3.63) is 0 Å². The smallest absolute Gasteiger partial charge is 0.163 e. The number of carbonyl (C=O) groups excluding carboxylic acids is 1. The van der Waals surface area contributed by atoms with E-state index >= 15 is 0 Å². The van der Waals surface area contributed by atoms with E-state index in [4.69, 9.17) is 5.41 Å². The fourth-order valence-electron chi connectivity index (χ4n) is 0.568. The van der Waals surface area contributed by atoms with E-state index in [9.17, 15) is 4.79 Å². The summed E-state index contributed by atoms with van der Waals surface area (Å²) >= 11 is 0. The molecule has 0 amide bonds. The predicted molar refractivity (Wildman–Crippen MR) is 37.9 cm³/mol. The van der Waals surface area contributed by atoms with Crippen molar-refractivity contribution in [2.45, 2.75) is 26.7 Å². The Morgan fingerprint density at radius 1 is 1.78 bits per heavy atom. The molecule has 52 valence electrons. The van der Waals surface area contributed by atoms with Gasteiger partial charge >= 0.3 is 0 Å². The van der Waals surface area contributed by atoms with Crippen LogP contribution in [0.2, 0.25) is 0 Å². The van der Waals surface area contributed by atoms with Gasteiger partial charge in [0.25, 0.3) is 0 Å². The summed E-state index contributed by atoms with van der Waals surface area (Å²) in [6, 6.07) is 0. The second-order valence-corrected chi connectivity index (χ2v) is 2.36. The third-order valence-corrected chi connectivity index (χ3v) is 1.41. The lowest BCUT2D eigenvalue weighted by Crippen LogP contribution is -2.03. The minimum atomic E-state index is 0.212. The summed E-state index contributed by atoms with van der Waals surface area (Å²) < 4.78 is 0. The zero-order chi connectivity index (χ0) is 7.28. The molecule has 2 nitrogen and oxygen atoms in total. The van der Waals surface area contributed by atoms with Crippen LogP contribution in [0.1, 0.15) is 26.7 Å². The van der Waals surface area contributed by atoms with Gasteiger partial charge in [-0.25, -0.2) is 0 Å². The molecular formula is C7H13NO. The van der Waals surface area contributed by atoms with E-state index < -0.39 is 0 Å². The zero-order valence-electron chi connectivity index (χ0n) is 5.98. The Balaban J connectivity index is 3.46. The second kappa shape index (κ2) is 4.24. The Morgan fingerprint density at radius 2 is 2.33 bits per heavy atom. The van der Waals surface area contributed by atoms with Crippen LogP contribution in [0.4, 0.5) is 0 Å². The first-order valence-corrected chi connectivity index (χ1v) is 3.23. The number of hydrogen-bond acceptors (Lipinski definition) is 2.